The summed E-state index contributed by atoms with van der Waals surface area (Å²) in [5.74, 6) is 0. The van der Waals surface area contributed by atoms with E-state index in [0.717, 1.165) is 11.6 Å². The van der Waals surface area contributed by atoms with Crippen molar-refractivity contribution < 1.29 is 13.2 Å². The van der Waals surface area contributed by atoms with Crippen LogP contribution in [0.25, 0.3) is 0 Å². The zero-order valence-electron chi connectivity index (χ0n) is 7.04. The first-order chi connectivity index (χ1) is 5.82. The molecule has 5 heteroatoms. The average Bonchev–Trinajstić information content (AvgIpc) is 1.97. The van der Waals surface area contributed by atoms with Crippen molar-refractivity contribution in [3.63, 3.8) is 0 Å². The van der Waals surface area contributed by atoms with E-state index in [1.807, 2.05) is 0 Å². The van der Waals surface area contributed by atoms with Crippen LogP contribution in [0.5, 0.6) is 0 Å². The number of hydrogen-bond donors (Lipinski definition) is 0. The normalized spacial score (nSPS) is 11.8. The number of aryl methyl sites for hydroxylation is 1. The number of alkyl halides is 3. The van der Waals surface area contributed by atoms with E-state index in [4.69, 9.17) is 0 Å². The number of halogens is 4. The third-order valence-electron chi connectivity index (χ3n) is 1.74. The summed E-state index contributed by atoms with van der Waals surface area (Å²) in [6.07, 6.45) is -4.37. The molecule has 1 heterocycles. The van der Waals surface area contributed by atoms with Gasteiger partial charge in [-0.1, -0.05) is 15.9 Å². The second kappa shape index (κ2) is 3.29. The monoisotopic (exact) mass is 253 g/mol. The Morgan fingerprint density at radius 3 is 2.23 bits per heavy atom. The van der Waals surface area contributed by atoms with Crippen LogP contribution in [-0.4, -0.2) is 4.98 Å². The summed E-state index contributed by atoms with van der Waals surface area (Å²) in [6.45, 7) is 3.27. The first-order valence-corrected chi connectivity index (χ1v) is 4.32. The molecular formula is C8H7BrF3N. The van der Waals surface area contributed by atoms with Gasteiger partial charge in [0.25, 0.3) is 0 Å². The van der Waals surface area contributed by atoms with Gasteiger partial charge in [-0.2, -0.15) is 13.2 Å². The molecule has 0 radical (unpaired) electrons. The molecule has 1 nitrogen and oxygen atoms in total. The van der Waals surface area contributed by atoms with Crippen LogP contribution in [0.3, 0.4) is 0 Å². The summed E-state index contributed by atoms with van der Waals surface area (Å²) in [5.41, 5.74) is 0.261. The Hall–Kier alpha value is -0.580. The summed E-state index contributed by atoms with van der Waals surface area (Å²) in [6, 6.07) is 0.988. The minimum atomic E-state index is -4.37. The van der Waals surface area contributed by atoms with Gasteiger partial charge in [-0.3, -0.25) is 0 Å². The SMILES string of the molecule is Cc1nc(C(F)(F)F)cc(Br)c1C. The molecule has 0 aliphatic heterocycles. The molecule has 1 aromatic rings. The lowest BCUT2D eigenvalue weighted by molar-refractivity contribution is -0.141. The Morgan fingerprint density at radius 1 is 1.31 bits per heavy atom. The molecule has 0 atom stereocenters. The number of aromatic nitrogens is 1. The summed E-state index contributed by atoms with van der Waals surface area (Å²) < 4.78 is 37.0. The molecule has 0 unspecified atom stereocenters. The van der Waals surface area contributed by atoms with Gasteiger partial charge < -0.3 is 0 Å². The fourth-order valence-electron chi connectivity index (χ4n) is 0.843. The van der Waals surface area contributed by atoms with Crippen LogP contribution >= 0.6 is 15.9 Å². The molecule has 0 fully saturated rings. The van der Waals surface area contributed by atoms with Gasteiger partial charge in [0, 0.05) is 10.2 Å². The Bertz CT molecular complexity index is 310. The van der Waals surface area contributed by atoms with Crippen LogP contribution in [0.1, 0.15) is 17.0 Å². The van der Waals surface area contributed by atoms with Gasteiger partial charge in [-0.25, -0.2) is 4.98 Å². The van der Waals surface area contributed by atoms with Crippen molar-refractivity contribution in [3.05, 3.63) is 27.5 Å². The van der Waals surface area contributed by atoms with Gasteiger partial charge in [0.2, 0.25) is 0 Å². The quantitative estimate of drug-likeness (QED) is 0.690. The third kappa shape index (κ3) is 2.21. The predicted octanol–water partition coefficient (Wildman–Crippen LogP) is 3.48. The smallest absolute Gasteiger partial charge is 0.248 e. The molecule has 0 saturated heterocycles. The first kappa shape index (κ1) is 10.5. The van der Waals surface area contributed by atoms with E-state index in [0.29, 0.717) is 10.2 Å². The van der Waals surface area contributed by atoms with E-state index in [2.05, 4.69) is 20.9 Å². The maximum absolute atomic E-state index is 12.2. The van der Waals surface area contributed by atoms with Crippen molar-refractivity contribution in [1.29, 1.82) is 0 Å². The van der Waals surface area contributed by atoms with Crippen LogP contribution in [-0.2, 0) is 6.18 Å². The van der Waals surface area contributed by atoms with E-state index in [1.54, 1.807) is 13.8 Å². The van der Waals surface area contributed by atoms with Crippen LogP contribution < -0.4 is 0 Å². The highest BCUT2D eigenvalue weighted by Crippen LogP contribution is 2.31. The molecule has 13 heavy (non-hydrogen) atoms. The molecule has 0 spiro atoms. The Labute approximate surface area is 82.1 Å². The van der Waals surface area contributed by atoms with Gasteiger partial charge in [-0.05, 0) is 25.5 Å². The zero-order chi connectivity index (χ0) is 10.2. The Kier molecular flexibility index (Phi) is 2.66. The molecule has 0 aliphatic carbocycles. The fourth-order valence-corrected chi connectivity index (χ4v) is 1.35. The van der Waals surface area contributed by atoms with E-state index in [-0.39, 0.29) is 0 Å². The van der Waals surface area contributed by atoms with E-state index in [9.17, 15) is 13.2 Å². The van der Waals surface area contributed by atoms with E-state index >= 15 is 0 Å². The molecule has 0 amide bonds. The number of pyridine rings is 1. The molecular weight excluding hydrogens is 247 g/mol. The number of nitrogens with zero attached hydrogens (tertiary/aromatic N) is 1. The van der Waals surface area contributed by atoms with E-state index in [1.165, 1.54) is 0 Å². The number of rotatable bonds is 0. The van der Waals surface area contributed by atoms with Crippen molar-refractivity contribution in [1.82, 2.24) is 4.98 Å². The molecule has 0 aliphatic rings. The standard InChI is InChI=1S/C8H7BrF3N/c1-4-5(2)13-7(3-6(4)9)8(10,11)12/h3H,1-2H3. The van der Waals surface area contributed by atoms with Gasteiger partial charge in [0.05, 0.1) is 0 Å². The minimum Gasteiger partial charge on any atom is -0.248 e. The largest absolute Gasteiger partial charge is 0.433 e. The van der Waals surface area contributed by atoms with Gasteiger partial charge in [0.1, 0.15) is 5.69 Å². The van der Waals surface area contributed by atoms with Crippen LogP contribution in [0.4, 0.5) is 13.2 Å². The highest BCUT2D eigenvalue weighted by Gasteiger charge is 2.33. The molecule has 0 bridgehead atoms. The maximum Gasteiger partial charge on any atom is 0.433 e. The second-order valence-electron chi connectivity index (χ2n) is 2.70. The molecule has 1 rings (SSSR count). The Morgan fingerprint density at radius 2 is 1.85 bits per heavy atom. The Balaban J connectivity index is 3.29. The topological polar surface area (TPSA) is 12.9 Å². The second-order valence-corrected chi connectivity index (χ2v) is 3.55. The highest BCUT2D eigenvalue weighted by molar-refractivity contribution is 9.10. The highest BCUT2D eigenvalue weighted by atomic mass is 79.9. The maximum atomic E-state index is 12.2. The lowest BCUT2D eigenvalue weighted by Crippen LogP contribution is -2.09. The lowest BCUT2D eigenvalue weighted by atomic mass is 10.2. The van der Waals surface area contributed by atoms with Gasteiger partial charge >= 0.3 is 6.18 Å². The first-order valence-electron chi connectivity index (χ1n) is 3.53. The van der Waals surface area contributed by atoms with Crippen molar-refractivity contribution in [2.24, 2.45) is 0 Å². The van der Waals surface area contributed by atoms with Crippen molar-refractivity contribution in [2.75, 3.05) is 0 Å². The lowest BCUT2D eigenvalue weighted by Gasteiger charge is -2.09. The van der Waals surface area contributed by atoms with Crippen LogP contribution in [0.2, 0.25) is 0 Å². The average molecular weight is 254 g/mol. The molecule has 72 valence electrons. The molecule has 0 N–H and O–H groups in total. The summed E-state index contributed by atoms with van der Waals surface area (Å²) in [5, 5.41) is 0. The third-order valence-corrected chi connectivity index (χ3v) is 2.57. The summed E-state index contributed by atoms with van der Waals surface area (Å²) >= 11 is 3.05. The van der Waals surface area contributed by atoms with Crippen molar-refractivity contribution >= 4 is 15.9 Å². The zero-order valence-corrected chi connectivity index (χ0v) is 8.62. The number of hydrogen-bond acceptors (Lipinski definition) is 1. The summed E-state index contributed by atoms with van der Waals surface area (Å²) in [7, 11) is 0. The molecule has 0 aromatic carbocycles. The van der Waals surface area contributed by atoms with Crippen LogP contribution in [0, 0.1) is 13.8 Å². The van der Waals surface area contributed by atoms with Crippen LogP contribution in [0.15, 0.2) is 10.5 Å². The summed E-state index contributed by atoms with van der Waals surface area (Å²) in [4.78, 5) is 3.45. The van der Waals surface area contributed by atoms with Gasteiger partial charge in [-0.15, -0.1) is 0 Å². The van der Waals surface area contributed by atoms with E-state index < -0.39 is 11.9 Å². The van der Waals surface area contributed by atoms with Gasteiger partial charge in [0.15, 0.2) is 0 Å². The predicted molar refractivity (Wildman–Crippen MR) is 46.4 cm³/mol. The molecule has 1 aromatic heterocycles. The molecule has 0 saturated carbocycles. The fraction of sp³-hybridized carbons (Fsp3) is 0.375. The minimum absolute atomic E-state index is 0.390. The van der Waals surface area contributed by atoms with Crippen molar-refractivity contribution in [3.8, 4) is 0 Å². The van der Waals surface area contributed by atoms with Crippen molar-refractivity contribution in [2.45, 2.75) is 20.0 Å².